The molecule has 0 aliphatic carbocycles. The molecule has 0 aliphatic heterocycles. The molecule has 0 bridgehead atoms. The fraction of sp³-hybridized carbons (Fsp3) is 0.341. The molecule has 23 nitrogen and oxygen atoms in total. The standard InChI is InChI=1S/C15H13N3O2S.2C11H11NO2S.2C6H7N.C5H6ClNO2S.C5H7N.C4H4ClNO2S.12C2H6.CH4.ClHO3S/c19-21(20,17-13-7-2-1-3-8-13)15-10-6-12-18(15)14-9-4-5-11-16-14;2*13-15(14,11-7-4-8-12-11)9-10-5-2-1-3-6-10;1-6-4-2-3-5-7-6;7-6-4-2-1-3-5-6;1-7-4-2-3-5(7)10(6,8)9;1-6-4-2-3-5-6;5-9(7,8)4-2-1-3-6-4;12*1-2;;1-4-5(2)3/h1-12,17H;2*1-8,12H,9H2;2-5H,1H3;1-5H,7H2;2-4H,1H3;2-5H,1H3;1-3,6H;12*1-2H3;1H4;(H,2,3)/p-1. The van der Waals surface area contributed by atoms with Crippen LogP contribution in [0.15, 0.2) is 311 Å². The zero-order chi connectivity index (χ0) is 93.8. The number of nitrogens with zero attached hydrogens (tertiary/aromatic N) is 5. The fourth-order valence-corrected chi connectivity index (χ4v) is 13.0. The van der Waals surface area contributed by atoms with E-state index in [4.69, 9.17) is 35.9 Å². The van der Waals surface area contributed by atoms with E-state index in [1.807, 2.05) is 306 Å². The van der Waals surface area contributed by atoms with Gasteiger partial charge >= 0.3 is 0 Å². The predicted molar refractivity (Wildman–Crippen MR) is 513 cm³/mol. The number of para-hydroxylation sites is 2. The number of benzene rings is 4. The van der Waals surface area contributed by atoms with Gasteiger partial charge in [0.05, 0.1) is 23.4 Å². The average Bonchev–Trinajstić information content (AvgIpc) is 1.63. The average molecular weight is 1850 g/mol. The van der Waals surface area contributed by atoms with E-state index in [1.54, 1.807) is 153 Å². The number of aromatic nitrogens is 8. The molecule has 12 rings (SSSR count). The lowest BCUT2D eigenvalue weighted by Gasteiger charge is -2.11. The maximum Gasteiger partial charge on any atom is 0.277 e. The quantitative estimate of drug-likeness (QED) is 0.0407. The monoisotopic (exact) mass is 1840 g/mol. The molecule has 4 aromatic carbocycles. The van der Waals surface area contributed by atoms with Crippen molar-refractivity contribution < 1.29 is 54.6 Å². The van der Waals surface area contributed by atoms with Gasteiger partial charge in [0, 0.05) is 108 Å². The van der Waals surface area contributed by atoms with Crippen LogP contribution in [0.1, 0.15) is 190 Å². The molecule has 0 amide bonds. The normalized spacial score (nSPS) is 9.36. The maximum absolute atomic E-state index is 12.5. The third kappa shape index (κ3) is 66.9. The molecule has 0 radical (unpaired) electrons. The third-order valence-electron chi connectivity index (χ3n) is 11.5. The van der Waals surface area contributed by atoms with Crippen LogP contribution in [-0.4, -0.2) is 89.5 Å². The second kappa shape index (κ2) is 88.0. The van der Waals surface area contributed by atoms with Crippen LogP contribution in [0.3, 0.4) is 0 Å². The smallest absolute Gasteiger partial charge is 0.277 e. The highest BCUT2D eigenvalue weighted by molar-refractivity contribution is 8.14. The summed E-state index contributed by atoms with van der Waals surface area (Å²) < 4.78 is 143. The van der Waals surface area contributed by atoms with E-state index < -0.39 is 59.2 Å². The summed E-state index contributed by atoms with van der Waals surface area (Å²) in [6.45, 7) is 50.0. The molecule has 680 valence electrons. The highest BCUT2D eigenvalue weighted by Crippen LogP contribution is 2.20. The number of nitrogens with two attached hydrogens (primary N) is 1. The molecule has 6 N–H and O–H groups in total. The van der Waals surface area contributed by atoms with Gasteiger partial charge in [0.1, 0.15) is 32.3 Å². The Morgan fingerprint density at radius 2 is 0.742 bits per heavy atom. The highest BCUT2D eigenvalue weighted by atomic mass is 35.7. The van der Waals surface area contributed by atoms with E-state index in [2.05, 4.69) is 45.2 Å². The largest absolute Gasteiger partial charge is 0.749 e. The van der Waals surface area contributed by atoms with Crippen molar-refractivity contribution in [3.63, 3.8) is 0 Å². The van der Waals surface area contributed by atoms with Crippen LogP contribution in [0, 0.1) is 6.92 Å². The van der Waals surface area contributed by atoms with Crippen LogP contribution in [0.5, 0.6) is 0 Å². The number of aryl methyl sites for hydroxylation is 3. The molecule has 8 heterocycles. The maximum atomic E-state index is 12.5. The summed E-state index contributed by atoms with van der Waals surface area (Å²) in [4.78, 5) is 16.0. The molecule has 0 saturated carbocycles. The van der Waals surface area contributed by atoms with Gasteiger partial charge in [0.25, 0.3) is 28.1 Å². The van der Waals surface area contributed by atoms with Crippen molar-refractivity contribution >= 4 is 104 Å². The van der Waals surface area contributed by atoms with Crippen molar-refractivity contribution in [2.45, 2.75) is 217 Å². The number of nitrogens with one attached hydrogen (secondary N) is 4. The number of aromatic amines is 3. The van der Waals surface area contributed by atoms with Gasteiger partial charge in [-0.15, -0.1) is 0 Å². The summed E-state index contributed by atoms with van der Waals surface area (Å²) >= 11 is 1.67. The number of hydrogen-bond donors (Lipinski definition) is 5. The molecule has 120 heavy (non-hydrogen) atoms. The molecule has 0 saturated heterocycles. The molecule has 0 spiro atoms. The van der Waals surface area contributed by atoms with Crippen molar-refractivity contribution in [3.8, 4) is 5.82 Å². The van der Waals surface area contributed by atoms with Gasteiger partial charge in [0.2, 0.25) is 0 Å². The predicted octanol–water partition coefficient (Wildman–Crippen LogP) is 25.1. The molecule has 8 aromatic heterocycles. The fourth-order valence-electron chi connectivity index (χ4n) is 7.23. The zero-order valence-corrected chi connectivity index (χ0v) is 81.9. The van der Waals surface area contributed by atoms with E-state index in [0.29, 0.717) is 11.5 Å². The number of pyridine rings is 2. The highest BCUT2D eigenvalue weighted by Gasteiger charge is 2.20. The van der Waals surface area contributed by atoms with Crippen molar-refractivity contribution in [1.29, 1.82) is 0 Å². The van der Waals surface area contributed by atoms with Crippen LogP contribution in [-0.2, 0) is 88.5 Å². The van der Waals surface area contributed by atoms with Gasteiger partial charge in [-0.1, -0.05) is 283 Å². The van der Waals surface area contributed by atoms with Gasteiger partial charge in [-0.25, -0.2) is 42.9 Å². The summed E-state index contributed by atoms with van der Waals surface area (Å²) in [5.41, 5.74) is 9.37. The molecular weight excluding hydrogens is 1700 g/mol. The van der Waals surface area contributed by atoms with Crippen LogP contribution in [0.4, 0.5) is 11.4 Å². The molecule has 0 aliphatic rings. The Bertz CT molecular complexity index is 4520. The Morgan fingerprint density at radius 1 is 0.408 bits per heavy atom. The number of nitrogen functional groups attached to an aromatic ring is 1. The van der Waals surface area contributed by atoms with Gasteiger partial charge in [-0.2, -0.15) is 12.2 Å². The molecule has 1 atom stereocenters. The first-order valence-corrected chi connectivity index (χ1v) is 50.1. The van der Waals surface area contributed by atoms with E-state index in [0.717, 1.165) is 22.5 Å². The Balaban J connectivity index is -0.000000141. The van der Waals surface area contributed by atoms with E-state index >= 15 is 0 Å². The number of H-pyrrole nitrogens is 3. The molecule has 0 fully saturated rings. The third-order valence-corrected chi connectivity index (χ3v) is 19.3. The van der Waals surface area contributed by atoms with Crippen LogP contribution < -0.4 is 10.5 Å². The summed E-state index contributed by atoms with van der Waals surface area (Å²) in [7, 11) is -3.61. The van der Waals surface area contributed by atoms with Crippen molar-refractivity contribution in [2.75, 3.05) is 10.5 Å². The van der Waals surface area contributed by atoms with E-state index in [9.17, 15) is 42.1 Å². The van der Waals surface area contributed by atoms with Crippen LogP contribution in [0.25, 0.3) is 5.82 Å². The first-order chi connectivity index (χ1) is 57.1. The lowest BCUT2D eigenvalue weighted by molar-refractivity contribution is 0.457. The minimum atomic E-state index is -3.68. The second-order valence-corrected chi connectivity index (χ2v) is 30.3. The Kier molecular flexibility index (Phi) is 96.6. The number of hydrogen-bond acceptors (Lipinski definition) is 16. The van der Waals surface area contributed by atoms with Gasteiger partial charge < -0.3 is 34.4 Å². The van der Waals surface area contributed by atoms with Crippen LogP contribution in [0.2, 0.25) is 0 Å². The summed E-state index contributed by atoms with van der Waals surface area (Å²) in [5, 5.41) is 0.834. The van der Waals surface area contributed by atoms with Crippen molar-refractivity contribution in [3.05, 3.63) is 303 Å². The summed E-state index contributed by atoms with van der Waals surface area (Å²) in [5.74, 6) is 0.624. The molecular formula is C88H142Cl3N10O13S6-. The van der Waals surface area contributed by atoms with Gasteiger partial charge in [0.15, 0.2) is 29.7 Å². The van der Waals surface area contributed by atoms with Gasteiger partial charge in [-0.3, -0.25) is 14.3 Å². The van der Waals surface area contributed by atoms with Crippen LogP contribution >= 0.6 is 33.2 Å². The molecule has 12 aromatic rings. The zero-order valence-electron chi connectivity index (χ0n) is 74.8. The summed E-state index contributed by atoms with van der Waals surface area (Å²) in [6, 6.07) is 67.5. The first kappa shape index (κ1) is 132. The van der Waals surface area contributed by atoms with Crippen molar-refractivity contribution in [1.82, 2.24) is 38.6 Å². The lowest BCUT2D eigenvalue weighted by Crippen LogP contribution is -2.16. The second-order valence-electron chi connectivity index (χ2n) is 18.8. The lowest BCUT2D eigenvalue weighted by atomic mass is 10.2. The molecule has 32 heteroatoms. The van der Waals surface area contributed by atoms with E-state index in [-0.39, 0.29) is 44.1 Å². The summed E-state index contributed by atoms with van der Waals surface area (Å²) in [6.07, 6.45) is 15.4. The minimum absolute atomic E-state index is 0. The number of sulfonamides is 1. The SMILES string of the molecule is C.CC.CC.CC.CC.CC.CC.CC.CC.CC.CC.CC.CC.Cc1ccccn1.Cn1cccc1.Cn1cccc1S(=O)(=O)Cl.Nc1ccccc1.O=S(=O)(Cc1ccccc1)c1ccc[nH]1.O=S(=O)(Cc1ccccc1)c1ccc[nH]1.O=S(=O)(Cl)c1ccc[nH]1.O=S(=O)(Nc1ccccc1)c1cccn1-c1ccccn1.O=S([O-])OCl. The Morgan fingerprint density at radius 3 is 0.983 bits per heavy atom. The first-order valence-electron chi connectivity index (χ1n) is 39.4. The number of anilines is 2. The Labute approximate surface area is 741 Å². The molecule has 1 unspecified atom stereocenters. The number of rotatable bonds is 13. The van der Waals surface area contributed by atoms with Gasteiger partial charge in [-0.05, 0) is 139 Å². The number of halogens is 3. The Hall–Kier alpha value is -8.85. The topological polar surface area (TPSA) is 346 Å². The van der Waals surface area contributed by atoms with Crippen molar-refractivity contribution in [2.24, 2.45) is 14.1 Å². The minimum Gasteiger partial charge on any atom is -0.749 e. The number of sulfone groups is 2. The van der Waals surface area contributed by atoms with E-state index in [1.165, 1.54) is 27.5 Å².